The van der Waals surface area contributed by atoms with Gasteiger partial charge >= 0.3 is 11.9 Å². The molecule has 1 aromatic carbocycles. The number of methoxy groups -OCH3 is 3. The third-order valence-corrected chi connectivity index (χ3v) is 2.97. The highest BCUT2D eigenvalue weighted by Gasteiger charge is 2.28. The van der Waals surface area contributed by atoms with Gasteiger partial charge in [0.25, 0.3) is 0 Å². The molecule has 0 aromatic heterocycles. The second-order valence-electron chi connectivity index (χ2n) is 4.35. The molecule has 0 aliphatic carbocycles. The van der Waals surface area contributed by atoms with Gasteiger partial charge in [0.15, 0.2) is 11.5 Å². The molecule has 0 aliphatic rings. The summed E-state index contributed by atoms with van der Waals surface area (Å²) in [6, 6.07) is 4.10. The summed E-state index contributed by atoms with van der Waals surface area (Å²) in [4.78, 5) is 24.2. The van der Waals surface area contributed by atoms with Crippen LogP contribution in [0.5, 0.6) is 11.5 Å². The van der Waals surface area contributed by atoms with E-state index in [0.717, 1.165) is 0 Å². The molecule has 0 radical (unpaired) electrons. The van der Waals surface area contributed by atoms with Crippen LogP contribution < -0.4 is 9.47 Å². The van der Waals surface area contributed by atoms with Crippen molar-refractivity contribution in [3.05, 3.63) is 23.8 Å². The number of hydrogen-bond acceptors (Lipinski definition) is 6. The van der Waals surface area contributed by atoms with Crippen LogP contribution in [0.15, 0.2) is 18.2 Å². The summed E-state index contributed by atoms with van der Waals surface area (Å²) < 4.78 is 15.1. The van der Waals surface area contributed by atoms with Gasteiger partial charge in [0, 0.05) is 0 Å². The Morgan fingerprint density at radius 1 is 1.19 bits per heavy atom. The third kappa shape index (κ3) is 4.09. The average molecular weight is 297 g/mol. The van der Waals surface area contributed by atoms with Crippen LogP contribution in [0.25, 0.3) is 0 Å². The largest absolute Gasteiger partial charge is 0.493 e. The topological polar surface area (TPSA) is 85.3 Å². The molecule has 0 spiro atoms. The van der Waals surface area contributed by atoms with Crippen molar-refractivity contribution in [1.29, 1.82) is 0 Å². The molecule has 0 fully saturated rings. The van der Waals surface area contributed by atoms with Gasteiger partial charge in [-0.1, -0.05) is 6.07 Å². The molecule has 0 heterocycles. The molecule has 7 nitrogen and oxygen atoms in total. The number of aliphatic carboxylic acids is 1. The fourth-order valence-corrected chi connectivity index (χ4v) is 2.01. The normalized spacial score (nSPS) is 11.9. The first-order chi connectivity index (χ1) is 9.94. The molecule has 1 unspecified atom stereocenters. The van der Waals surface area contributed by atoms with Crippen molar-refractivity contribution in [2.75, 3.05) is 34.9 Å². The fraction of sp³-hybridized carbons (Fsp3) is 0.429. The van der Waals surface area contributed by atoms with Crippen LogP contribution in [0.4, 0.5) is 0 Å². The molecule has 0 amide bonds. The van der Waals surface area contributed by atoms with Gasteiger partial charge in [-0.15, -0.1) is 0 Å². The highest BCUT2D eigenvalue weighted by atomic mass is 16.5. The Hall–Kier alpha value is -2.28. The van der Waals surface area contributed by atoms with E-state index in [1.807, 2.05) is 0 Å². The van der Waals surface area contributed by atoms with Gasteiger partial charge in [-0.2, -0.15) is 0 Å². The van der Waals surface area contributed by atoms with Crippen molar-refractivity contribution in [1.82, 2.24) is 4.90 Å². The maximum atomic E-state index is 12.0. The van der Waals surface area contributed by atoms with Crippen LogP contribution in [0.1, 0.15) is 11.6 Å². The molecule has 1 N–H and O–H groups in total. The lowest BCUT2D eigenvalue weighted by atomic mass is 10.0. The minimum atomic E-state index is -1.04. The van der Waals surface area contributed by atoms with Crippen LogP contribution in [0, 0.1) is 0 Å². The second kappa shape index (κ2) is 7.49. The van der Waals surface area contributed by atoms with E-state index in [2.05, 4.69) is 0 Å². The zero-order valence-electron chi connectivity index (χ0n) is 12.5. The summed E-state index contributed by atoms with van der Waals surface area (Å²) in [6.07, 6.45) is 0. The number of likely N-dealkylation sites (N-methyl/N-ethyl adjacent to an activating group) is 1. The van der Waals surface area contributed by atoms with Crippen molar-refractivity contribution in [3.63, 3.8) is 0 Å². The van der Waals surface area contributed by atoms with Crippen LogP contribution in [0.2, 0.25) is 0 Å². The summed E-state index contributed by atoms with van der Waals surface area (Å²) in [7, 11) is 5.78. The zero-order valence-corrected chi connectivity index (χ0v) is 12.5. The van der Waals surface area contributed by atoms with E-state index in [0.29, 0.717) is 17.1 Å². The quantitative estimate of drug-likeness (QED) is 0.749. The average Bonchev–Trinajstić information content (AvgIpc) is 2.46. The minimum absolute atomic E-state index is 0.298. The molecule has 1 atom stereocenters. The van der Waals surface area contributed by atoms with E-state index in [9.17, 15) is 9.59 Å². The monoisotopic (exact) mass is 297 g/mol. The summed E-state index contributed by atoms with van der Waals surface area (Å²) in [5.74, 6) is -0.615. The Morgan fingerprint density at radius 3 is 2.29 bits per heavy atom. The van der Waals surface area contributed by atoms with Gasteiger partial charge in [-0.25, -0.2) is 4.79 Å². The molecule has 116 valence electrons. The molecule has 7 heteroatoms. The third-order valence-electron chi connectivity index (χ3n) is 2.97. The van der Waals surface area contributed by atoms with Crippen molar-refractivity contribution in [2.24, 2.45) is 0 Å². The summed E-state index contributed by atoms with van der Waals surface area (Å²) in [6.45, 7) is -0.298. The van der Waals surface area contributed by atoms with Gasteiger partial charge in [0.2, 0.25) is 0 Å². The molecule has 1 aromatic rings. The predicted molar refractivity (Wildman–Crippen MR) is 74.6 cm³/mol. The number of hydrogen-bond donors (Lipinski definition) is 1. The highest BCUT2D eigenvalue weighted by molar-refractivity contribution is 5.79. The van der Waals surface area contributed by atoms with Gasteiger partial charge < -0.3 is 19.3 Å². The zero-order chi connectivity index (χ0) is 16.0. The van der Waals surface area contributed by atoms with Crippen LogP contribution in [-0.2, 0) is 14.3 Å². The molecule has 0 saturated carbocycles. The smallest absolute Gasteiger partial charge is 0.327 e. The van der Waals surface area contributed by atoms with Gasteiger partial charge in [-0.3, -0.25) is 9.69 Å². The number of carboxylic acids is 1. The number of nitrogens with zero attached hydrogens (tertiary/aromatic N) is 1. The Balaban J connectivity index is 3.20. The molecule has 21 heavy (non-hydrogen) atoms. The van der Waals surface area contributed by atoms with Crippen LogP contribution in [-0.4, -0.2) is 56.9 Å². The van der Waals surface area contributed by atoms with E-state index in [-0.39, 0.29) is 6.54 Å². The molecule has 0 aliphatic heterocycles. The maximum absolute atomic E-state index is 12.0. The number of benzene rings is 1. The summed E-state index contributed by atoms with van der Waals surface area (Å²) >= 11 is 0. The minimum Gasteiger partial charge on any atom is -0.493 e. The van der Waals surface area contributed by atoms with Gasteiger partial charge in [-0.05, 0) is 24.7 Å². The van der Waals surface area contributed by atoms with Crippen LogP contribution in [0.3, 0.4) is 0 Å². The SMILES string of the molecule is COC(=O)C(c1ccc(OC)c(OC)c1)N(C)CC(=O)O. The lowest BCUT2D eigenvalue weighted by Gasteiger charge is -2.25. The number of rotatable bonds is 7. The van der Waals surface area contributed by atoms with E-state index in [1.165, 1.54) is 33.3 Å². The van der Waals surface area contributed by atoms with E-state index >= 15 is 0 Å². The maximum Gasteiger partial charge on any atom is 0.327 e. The predicted octanol–water partition coefficient (Wildman–Crippen LogP) is 0.934. The lowest BCUT2D eigenvalue weighted by molar-refractivity contribution is -0.148. The summed E-state index contributed by atoms with van der Waals surface area (Å²) in [5.41, 5.74) is 0.559. The number of carboxylic acid groups (broad SMARTS) is 1. The Bertz CT molecular complexity index is 516. The number of carbonyl (C=O) groups excluding carboxylic acids is 1. The van der Waals surface area contributed by atoms with Crippen LogP contribution >= 0.6 is 0 Å². The molecule has 1 rings (SSSR count). The number of carbonyl (C=O) groups is 2. The highest BCUT2D eigenvalue weighted by Crippen LogP contribution is 2.32. The van der Waals surface area contributed by atoms with E-state index < -0.39 is 18.0 Å². The van der Waals surface area contributed by atoms with Gasteiger partial charge in [0.05, 0.1) is 27.9 Å². The van der Waals surface area contributed by atoms with Crippen molar-refractivity contribution in [2.45, 2.75) is 6.04 Å². The van der Waals surface area contributed by atoms with Gasteiger partial charge in [0.1, 0.15) is 6.04 Å². The molecular formula is C14H19NO6. The first-order valence-corrected chi connectivity index (χ1v) is 6.16. The fourth-order valence-electron chi connectivity index (χ4n) is 2.01. The Morgan fingerprint density at radius 2 is 1.81 bits per heavy atom. The van der Waals surface area contributed by atoms with E-state index in [4.69, 9.17) is 19.3 Å². The van der Waals surface area contributed by atoms with E-state index in [1.54, 1.807) is 18.2 Å². The Labute approximate surface area is 123 Å². The Kier molecular flexibility index (Phi) is 5.98. The summed E-state index contributed by atoms with van der Waals surface area (Å²) in [5, 5.41) is 8.88. The number of esters is 1. The number of ether oxygens (including phenoxy) is 3. The van der Waals surface area contributed by atoms with Crippen molar-refractivity contribution >= 4 is 11.9 Å². The lowest BCUT2D eigenvalue weighted by Crippen LogP contribution is -2.35. The second-order valence-corrected chi connectivity index (χ2v) is 4.35. The standard InChI is InChI=1S/C14H19NO6/c1-15(8-12(16)17)13(14(18)21-4)9-5-6-10(19-2)11(7-9)20-3/h5-7,13H,8H2,1-4H3,(H,16,17). The first kappa shape index (κ1) is 16.8. The molecule has 0 bridgehead atoms. The first-order valence-electron chi connectivity index (χ1n) is 6.16. The molecular weight excluding hydrogens is 278 g/mol. The van der Waals surface area contributed by atoms with Crippen molar-refractivity contribution < 1.29 is 28.9 Å². The molecule has 0 saturated heterocycles. The van der Waals surface area contributed by atoms with Crippen molar-refractivity contribution in [3.8, 4) is 11.5 Å².